The van der Waals surface area contributed by atoms with Crippen molar-refractivity contribution < 1.29 is 17.9 Å². The number of ether oxygens (including phenoxy) is 2. The first-order valence-electron chi connectivity index (χ1n) is 6.98. The molecule has 0 aromatic heterocycles. The van der Waals surface area contributed by atoms with Crippen LogP contribution in [-0.4, -0.2) is 46.1 Å². The van der Waals surface area contributed by atoms with Crippen LogP contribution < -0.4 is 15.2 Å². The maximum Gasteiger partial charge on any atom is 0.243 e. The van der Waals surface area contributed by atoms with Crippen molar-refractivity contribution in [3.8, 4) is 11.5 Å². The molecular weight excluding hydrogens is 292 g/mol. The summed E-state index contributed by atoms with van der Waals surface area (Å²) in [6, 6.07) is 4.54. The molecule has 1 aliphatic heterocycles. The molecule has 1 heterocycles. The molecule has 0 saturated carbocycles. The summed E-state index contributed by atoms with van der Waals surface area (Å²) in [5, 5.41) is 0. The Labute approximate surface area is 125 Å². The van der Waals surface area contributed by atoms with E-state index in [1.165, 1.54) is 30.7 Å². The van der Waals surface area contributed by atoms with Crippen molar-refractivity contribution in [2.24, 2.45) is 5.73 Å². The highest BCUT2D eigenvalue weighted by Gasteiger charge is 2.33. The van der Waals surface area contributed by atoms with Gasteiger partial charge in [0.05, 0.1) is 19.1 Å². The van der Waals surface area contributed by atoms with E-state index in [0.29, 0.717) is 24.6 Å². The van der Waals surface area contributed by atoms with Gasteiger partial charge in [-0.25, -0.2) is 8.42 Å². The monoisotopic (exact) mass is 314 g/mol. The number of nitrogens with two attached hydrogens (primary N) is 1. The Hall–Kier alpha value is -1.31. The van der Waals surface area contributed by atoms with E-state index in [9.17, 15) is 8.42 Å². The number of nitrogens with zero attached hydrogens (tertiary/aromatic N) is 1. The van der Waals surface area contributed by atoms with Crippen LogP contribution in [0.25, 0.3) is 0 Å². The number of hydrogen-bond donors (Lipinski definition) is 1. The molecule has 1 unspecified atom stereocenters. The zero-order valence-electron chi connectivity index (χ0n) is 12.4. The summed E-state index contributed by atoms with van der Waals surface area (Å²) in [4.78, 5) is 0.180. The first-order valence-corrected chi connectivity index (χ1v) is 8.42. The summed E-state index contributed by atoms with van der Waals surface area (Å²) >= 11 is 0. The summed E-state index contributed by atoms with van der Waals surface area (Å²) < 4.78 is 37.5. The van der Waals surface area contributed by atoms with Crippen molar-refractivity contribution in [2.45, 2.75) is 30.2 Å². The Bertz CT molecular complexity index is 566. The van der Waals surface area contributed by atoms with Crippen LogP contribution in [-0.2, 0) is 10.0 Å². The Morgan fingerprint density at radius 3 is 2.33 bits per heavy atom. The van der Waals surface area contributed by atoms with Gasteiger partial charge in [0, 0.05) is 37.3 Å². The van der Waals surface area contributed by atoms with Gasteiger partial charge in [0.15, 0.2) is 0 Å². The van der Waals surface area contributed by atoms with Crippen LogP contribution in [0.2, 0.25) is 0 Å². The first kappa shape index (κ1) is 16.1. The summed E-state index contributed by atoms with van der Waals surface area (Å²) in [5.74, 6) is 0.906. The fourth-order valence-corrected chi connectivity index (χ4v) is 4.35. The topological polar surface area (TPSA) is 81.9 Å². The Morgan fingerprint density at radius 2 is 1.81 bits per heavy atom. The zero-order chi connectivity index (χ0) is 15.5. The Morgan fingerprint density at radius 1 is 1.19 bits per heavy atom. The molecule has 0 amide bonds. The molecule has 1 saturated heterocycles. The molecule has 1 aromatic rings. The van der Waals surface area contributed by atoms with Crippen LogP contribution in [0.15, 0.2) is 23.1 Å². The Balaban J connectivity index is 2.42. The number of benzene rings is 1. The van der Waals surface area contributed by atoms with Gasteiger partial charge in [-0.05, 0) is 12.8 Å². The largest absolute Gasteiger partial charge is 0.497 e. The highest BCUT2D eigenvalue weighted by molar-refractivity contribution is 7.89. The first-order chi connectivity index (χ1) is 10.0. The minimum absolute atomic E-state index is 0.138. The summed E-state index contributed by atoms with van der Waals surface area (Å²) in [5.41, 5.74) is 5.73. The number of hydrogen-bond acceptors (Lipinski definition) is 5. The van der Waals surface area contributed by atoms with E-state index in [2.05, 4.69) is 0 Å². The number of piperidine rings is 1. The van der Waals surface area contributed by atoms with Gasteiger partial charge in [0.2, 0.25) is 10.0 Å². The highest BCUT2D eigenvalue weighted by atomic mass is 32.2. The van der Waals surface area contributed by atoms with E-state index in [-0.39, 0.29) is 10.9 Å². The third-order valence-corrected chi connectivity index (χ3v) is 5.71. The van der Waals surface area contributed by atoms with Crippen LogP contribution in [0.3, 0.4) is 0 Å². The van der Waals surface area contributed by atoms with E-state index in [0.717, 1.165) is 19.3 Å². The highest BCUT2D eigenvalue weighted by Crippen LogP contribution is 2.30. The Kier molecular flexibility index (Phi) is 5.08. The van der Waals surface area contributed by atoms with E-state index in [1.54, 1.807) is 6.07 Å². The number of sulfonamides is 1. The van der Waals surface area contributed by atoms with Crippen LogP contribution in [0.1, 0.15) is 19.3 Å². The molecule has 118 valence electrons. The molecule has 0 spiro atoms. The lowest BCUT2D eigenvalue weighted by Gasteiger charge is -2.34. The quantitative estimate of drug-likeness (QED) is 0.883. The third kappa shape index (κ3) is 3.30. The molecule has 7 heteroatoms. The van der Waals surface area contributed by atoms with Crippen molar-refractivity contribution in [1.29, 1.82) is 0 Å². The lowest BCUT2D eigenvalue weighted by molar-refractivity contribution is 0.257. The van der Waals surface area contributed by atoms with Crippen molar-refractivity contribution >= 4 is 10.0 Å². The average molecular weight is 314 g/mol. The van der Waals surface area contributed by atoms with Gasteiger partial charge >= 0.3 is 0 Å². The van der Waals surface area contributed by atoms with Crippen molar-refractivity contribution in [3.05, 3.63) is 18.2 Å². The number of rotatable bonds is 5. The third-order valence-electron chi connectivity index (χ3n) is 3.78. The van der Waals surface area contributed by atoms with Gasteiger partial charge in [-0.2, -0.15) is 4.31 Å². The normalized spacial score (nSPS) is 20.2. The van der Waals surface area contributed by atoms with Gasteiger partial charge in [-0.15, -0.1) is 0 Å². The molecule has 6 nitrogen and oxygen atoms in total. The zero-order valence-corrected chi connectivity index (χ0v) is 13.2. The molecule has 1 aliphatic rings. The van der Waals surface area contributed by atoms with E-state index >= 15 is 0 Å². The molecule has 0 bridgehead atoms. The fourth-order valence-electron chi connectivity index (χ4n) is 2.59. The SMILES string of the molecule is COc1cc(OC)cc(S(=O)(=O)N2CCCCC2CN)c1. The smallest absolute Gasteiger partial charge is 0.243 e. The molecular formula is C14H22N2O4S. The lowest BCUT2D eigenvalue weighted by atomic mass is 10.1. The van der Waals surface area contributed by atoms with E-state index in [1.807, 2.05) is 0 Å². The van der Waals surface area contributed by atoms with E-state index in [4.69, 9.17) is 15.2 Å². The summed E-state index contributed by atoms with van der Waals surface area (Å²) in [7, 11) is -0.606. The van der Waals surface area contributed by atoms with Gasteiger partial charge in [0.25, 0.3) is 0 Å². The molecule has 1 aromatic carbocycles. The van der Waals surface area contributed by atoms with Crippen molar-refractivity contribution in [2.75, 3.05) is 27.3 Å². The average Bonchev–Trinajstić information content (AvgIpc) is 2.54. The van der Waals surface area contributed by atoms with Gasteiger partial charge in [0.1, 0.15) is 11.5 Å². The molecule has 2 rings (SSSR count). The van der Waals surface area contributed by atoms with Crippen LogP contribution in [0.5, 0.6) is 11.5 Å². The molecule has 1 fully saturated rings. The van der Waals surface area contributed by atoms with Gasteiger partial charge in [-0.1, -0.05) is 6.42 Å². The van der Waals surface area contributed by atoms with Crippen LogP contribution >= 0.6 is 0 Å². The maximum atomic E-state index is 12.9. The van der Waals surface area contributed by atoms with Crippen LogP contribution in [0, 0.1) is 0 Å². The van der Waals surface area contributed by atoms with Gasteiger partial charge in [-0.3, -0.25) is 0 Å². The van der Waals surface area contributed by atoms with E-state index < -0.39 is 10.0 Å². The second kappa shape index (κ2) is 6.64. The standard InChI is InChI=1S/C14H22N2O4S/c1-19-12-7-13(20-2)9-14(8-12)21(17,18)16-6-4-3-5-11(16)10-15/h7-9,11H,3-6,10,15H2,1-2H3. The van der Waals surface area contributed by atoms with Crippen molar-refractivity contribution in [1.82, 2.24) is 4.31 Å². The minimum atomic E-state index is -3.60. The fraction of sp³-hybridized carbons (Fsp3) is 0.571. The predicted octanol–water partition coefficient (Wildman–Crippen LogP) is 1.21. The number of methoxy groups -OCH3 is 2. The molecule has 2 N–H and O–H groups in total. The summed E-state index contributed by atoms with van der Waals surface area (Å²) in [6.45, 7) is 0.837. The van der Waals surface area contributed by atoms with Gasteiger partial charge < -0.3 is 15.2 Å². The molecule has 0 radical (unpaired) electrons. The molecule has 21 heavy (non-hydrogen) atoms. The predicted molar refractivity (Wildman–Crippen MR) is 80.1 cm³/mol. The summed E-state index contributed by atoms with van der Waals surface area (Å²) in [6.07, 6.45) is 2.67. The second-order valence-electron chi connectivity index (χ2n) is 5.05. The maximum absolute atomic E-state index is 12.9. The molecule has 1 atom stereocenters. The van der Waals surface area contributed by atoms with Crippen LogP contribution in [0.4, 0.5) is 0 Å². The minimum Gasteiger partial charge on any atom is -0.497 e. The second-order valence-corrected chi connectivity index (χ2v) is 6.94. The van der Waals surface area contributed by atoms with Crippen molar-refractivity contribution in [3.63, 3.8) is 0 Å². The molecule has 0 aliphatic carbocycles. The lowest BCUT2D eigenvalue weighted by Crippen LogP contribution is -2.47.